The Morgan fingerprint density at radius 3 is 2.86 bits per heavy atom. The van der Waals surface area contributed by atoms with Crippen LogP contribution in [0.4, 0.5) is 11.6 Å². The van der Waals surface area contributed by atoms with Crippen LogP contribution in [0, 0.1) is 0 Å². The van der Waals surface area contributed by atoms with E-state index in [1.165, 1.54) is 19.4 Å². The molecule has 0 saturated carbocycles. The molecular weight excluding hydrogens is 266 g/mol. The van der Waals surface area contributed by atoms with Crippen LogP contribution in [-0.4, -0.2) is 54.2 Å². The van der Waals surface area contributed by atoms with Crippen molar-refractivity contribution in [3.8, 4) is 0 Å². The lowest BCUT2D eigenvalue weighted by molar-refractivity contribution is 0.178. The molecule has 6 nitrogen and oxygen atoms in total. The highest BCUT2D eigenvalue weighted by Gasteiger charge is 2.19. The zero-order chi connectivity index (χ0) is 15.1. The first kappa shape index (κ1) is 16.0. The first-order valence-corrected chi connectivity index (χ1v) is 7.84. The van der Waals surface area contributed by atoms with Crippen LogP contribution in [-0.2, 0) is 11.3 Å². The van der Waals surface area contributed by atoms with Gasteiger partial charge < -0.3 is 20.3 Å². The van der Waals surface area contributed by atoms with E-state index in [1.54, 1.807) is 7.11 Å². The highest BCUT2D eigenvalue weighted by Crippen LogP contribution is 2.17. The van der Waals surface area contributed by atoms with E-state index < -0.39 is 0 Å². The van der Waals surface area contributed by atoms with E-state index in [2.05, 4.69) is 39.3 Å². The number of nitrogens with zero attached hydrogens (tertiary/aromatic N) is 3. The number of likely N-dealkylation sites (N-methyl/N-ethyl adjacent to an activating group) is 1. The number of likely N-dealkylation sites (tertiary alicyclic amines) is 1. The number of aromatic nitrogens is 2. The summed E-state index contributed by atoms with van der Waals surface area (Å²) < 4.78 is 5.15. The Hall–Kier alpha value is -1.40. The van der Waals surface area contributed by atoms with E-state index in [0.717, 1.165) is 31.3 Å². The molecule has 2 N–H and O–H groups in total. The summed E-state index contributed by atoms with van der Waals surface area (Å²) in [6.07, 6.45) is 2.43. The lowest BCUT2D eigenvalue weighted by Gasteiger charge is -2.32. The molecule has 0 aromatic carbocycles. The van der Waals surface area contributed by atoms with Gasteiger partial charge in [0.1, 0.15) is 18.2 Å². The highest BCUT2D eigenvalue weighted by atomic mass is 16.5. The molecule has 1 aromatic rings. The van der Waals surface area contributed by atoms with Crippen LogP contribution < -0.4 is 10.6 Å². The molecule has 1 atom stereocenters. The molecule has 0 bridgehead atoms. The average Bonchev–Trinajstić information content (AvgIpc) is 2.48. The van der Waals surface area contributed by atoms with Gasteiger partial charge in [0.05, 0.1) is 0 Å². The Kier molecular flexibility index (Phi) is 6.20. The second-order valence-corrected chi connectivity index (χ2v) is 5.39. The van der Waals surface area contributed by atoms with Gasteiger partial charge in [-0.3, -0.25) is 0 Å². The number of hydrogen-bond acceptors (Lipinski definition) is 6. The van der Waals surface area contributed by atoms with Crippen molar-refractivity contribution in [1.82, 2.24) is 14.9 Å². The smallest absolute Gasteiger partial charge is 0.158 e. The topological polar surface area (TPSA) is 62.3 Å². The monoisotopic (exact) mass is 293 g/mol. The second kappa shape index (κ2) is 8.14. The minimum Gasteiger partial charge on any atom is -0.377 e. The van der Waals surface area contributed by atoms with Crippen molar-refractivity contribution in [2.45, 2.75) is 39.3 Å². The zero-order valence-corrected chi connectivity index (χ0v) is 13.4. The summed E-state index contributed by atoms with van der Waals surface area (Å²) >= 11 is 0. The summed E-state index contributed by atoms with van der Waals surface area (Å²) in [4.78, 5) is 11.5. The van der Waals surface area contributed by atoms with Crippen molar-refractivity contribution in [1.29, 1.82) is 0 Å². The molecule has 0 spiro atoms. The van der Waals surface area contributed by atoms with Crippen LogP contribution >= 0.6 is 0 Å². The Balaban J connectivity index is 2.06. The van der Waals surface area contributed by atoms with Gasteiger partial charge >= 0.3 is 0 Å². The normalized spacial score (nSPS) is 19.5. The molecule has 21 heavy (non-hydrogen) atoms. The molecule has 6 heteroatoms. The molecule has 1 aromatic heterocycles. The Labute approximate surface area is 127 Å². The largest absolute Gasteiger partial charge is 0.377 e. The number of methoxy groups -OCH3 is 1. The fraction of sp³-hybridized carbons (Fsp3) is 0.733. The predicted octanol–water partition coefficient (Wildman–Crippen LogP) is 1.95. The third kappa shape index (κ3) is 4.82. The van der Waals surface area contributed by atoms with Gasteiger partial charge in [0.2, 0.25) is 0 Å². The van der Waals surface area contributed by atoms with Gasteiger partial charge in [-0.25, -0.2) is 9.97 Å². The maximum atomic E-state index is 5.15. The Morgan fingerprint density at radius 2 is 2.14 bits per heavy atom. The Bertz CT molecular complexity index is 416. The summed E-state index contributed by atoms with van der Waals surface area (Å²) in [7, 11) is 1.66. The summed E-state index contributed by atoms with van der Waals surface area (Å²) in [5.74, 6) is 2.45. The number of hydrogen-bond donors (Lipinski definition) is 2. The predicted molar refractivity (Wildman–Crippen MR) is 85.7 cm³/mol. The third-order valence-electron chi connectivity index (χ3n) is 3.71. The van der Waals surface area contributed by atoms with E-state index in [9.17, 15) is 0 Å². The average molecular weight is 293 g/mol. The fourth-order valence-corrected chi connectivity index (χ4v) is 2.71. The van der Waals surface area contributed by atoms with Crippen LogP contribution in [0.2, 0.25) is 0 Å². The van der Waals surface area contributed by atoms with Crippen molar-refractivity contribution in [3.05, 3.63) is 11.9 Å². The maximum Gasteiger partial charge on any atom is 0.158 e. The lowest BCUT2D eigenvalue weighted by Crippen LogP contribution is -2.42. The van der Waals surface area contributed by atoms with Crippen LogP contribution in [0.3, 0.4) is 0 Å². The SMILES string of the molecule is CCNc1cc(NC2CCCN(CC)C2)nc(COC)n1. The molecule has 0 aliphatic carbocycles. The quantitative estimate of drug-likeness (QED) is 0.801. The van der Waals surface area contributed by atoms with Gasteiger partial charge in [-0.1, -0.05) is 6.92 Å². The summed E-state index contributed by atoms with van der Waals surface area (Å²) in [5, 5.41) is 6.80. The number of piperidine rings is 1. The first-order chi connectivity index (χ1) is 10.2. The molecule has 2 rings (SSSR count). The minimum absolute atomic E-state index is 0.430. The Morgan fingerprint density at radius 1 is 1.33 bits per heavy atom. The molecule has 1 aliphatic rings. The third-order valence-corrected chi connectivity index (χ3v) is 3.71. The van der Waals surface area contributed by atoms with Gasteiger partial charge in [0, 0.05) is 32.3 Å². The number of nitrogens with one attached hydrogen (secondary N) is 2. The number of ether oxygens (including phenoxy) is 1. The lowest BCUT2D eigenvalue weighted by atomic mass is 10.1. The van der Waals surface area contributed by atoms with Crippen molar-refractivity contribution in [2.24, 2.45) is 0 Å². The first-order valence-electron chi connectivity index (χ1n) is 7.84. The standard InChI is InChI=1S/C15H27N5O/c1-4-16-13-9-14(19-15(18-13)11-21-3)17-12-7-6-8-20(5-2)10-12/h9,12H,4-8,10-11H2,1-3H3,(H2,16,17,18,19). The van der Waals surface area contributed by atoms with Gasteiger partial charge in [-0.15, -0.1) is 0 Å². The van der Waals surface area contributed by atoms with E-state index in [0.29, 0.717) is 18.5 Å². The van der Waals surface area contributed by atoms with Crippen molar-refractivity contribution in [3.63, 3.8) is 0 Å². The number of anilines is 2. The van der Waals surface area contributed by atoms with Crippen LogP contribution in [0.15, 0.2) is 6.07 Å². The van der Waals surface area contributed by atoms with Gasteiger partial charge in [-0.05, 0) is 32.9 Å². The van der Waals surface area contributed by atoms with Crippen molar-refractivity contribution >= 4 is 11.6 Å². The van der Waals surface area contributed by atoms with E-state index >= 15 is 0 Å². The molecule has 0 amide bonds. The van der Waals surface area contributed by atoms with Crippen molar-refractivity contribution < 1.29 is 4.74 Å². The van der Waals surface area contributed by atoms with Gasteiger partial charge in [-0.2, -0.15) is 0 Å². The molecule has 2 heterocycles. The van der Waals surface area contributed by atoms with E-state index in [-0.39, 0.29) is 0 Å². The molecule has 1 aliphatic heterocycles. The van der Waals surface area contributed by atoms with Crippen molar-refractivity contribution in [2.75, 3.05) is 43.9 Å². The summed E-state index contributed by atoms with van der Waals surface area (Å²) in [5.41, 5.74) is 0. The molecule has 0 radical (unpaired) electrons. The molecule has 118 valence electrons. The fourth-order valence-electron chi connectivity index (χ4n) is 2.71. The maximum absolute atomic E-state index is 5.15. The van der Waals surface area contributed by atoms with Crippen LogP contribution in [0.5, 0.6) is 0 Å². The van der Waals surface area contributed by atoms with Gasteiger partial charge in [0.25, 0.3) is 0 Å². The van der Waals surface area contributed by atoms with Crippen LogP contribution in [0.25, 0.3) is 0 Å². The number of rotatable bonds is 7. The molecule has 1 fully saturated rings. The van der Waals surface area contributed by atoms with Crippen LogP contribution in [0.1, 0.15) is 32.5 Å². The molecule has 1 saturated heterocycles. The molecular formula is C15H27N5O. The van der Waals surface area contributed by atoms with E-state index in [1.807, 2.05) is 6.07 Å². The summed E-state index contributed by atoms with van der Waals surface area (Å²) in [6.45, 7) is 8.94. The molecule has 1 unspecified atom stereocenters. The highest BCUT2D eigenvalue weighted by molar-refractivity contribution is 5.48. The minimum atomic E-state index is 0.430. The second-order valence-electron chi connectivity index (χ2n) is 5.39. The summed E-state index contributed by atoms with van der Waals surface area (Å²) in [6, 6.07) is 2.44. The van der Waals surface area contributed by atoms with E-state index in [4.69, 9.17) is 4.74 Å². The van der Waals surface area contributed by atoms with Gasteiger partial charge in [0.15, 0.2) is 5.82 Å². The zero-order valence-electron chi connectivity index (χ0n) is 13.4.